The van der Waals surface area contributed by atoms with Crippen LogP contribution in [0.5, 0.6) is 11.5 Å². The molecule has 2 aromatic rings. The minimum absolute atomic E-state index is 0.712. The van der Waals surface area contributed by atoms with Crippen LogP contribution in [-0.2, 0) is 0 Å². The fourth-order valence-electron chi connectivity index (χ4n) is 2.66. The largest absolute Gasteiger partial charge is 0.491 e. The van der Waals surface area contributed by atoms with Gasteiger partial charge < -0.3 is 20.9 Å². The molecule has 4 N–H and O–H groups in total. The van der Waals surface area contributed by atoms with Crippen molar-refractivity contribution >= 4 is 11.4 Å². The lowest BCUT2D eigenvalue weighted by Crippen LogP contribution is -2.02. The van der Waals surface area contributed by atoms with E-state index in [4.69, 9.17) is 20.9 Å². The average molecular weight is 342 g/mol. The Morgan fingerprint density at radius 2 is 1.04 bits per heavy atom. The van der Waals surface area contributed by atoms with E-state index in [2.05, 4.69) is 0 Å². The molecule has 0 saturated heterocycles. The fourth-order valence-corrected chi connectivity index (χ4v) is 2.66. The van der Waals surface area contributed by atoms with E-state index < -0.39 is 0 Å². The molecule has 2 aromatic carbocycles. The summed E-state index contributed by atoms with van der Waals surface area (Å²) in [7, 11) is 0. The van der Waals surface area contributed by atoms with Crippen LogP contribution in [0.4, 0.5) is 11.4 Å². The van der Waals surface area contributed by atoms with Gasteiger partial charge >= 0.3 is 0 Å². The van der Waals surface area contributed by atoms with Crippen LogP contribution < -0.4 is 20.9 Å². The van der Waals surface area contributed by atoms with Crippen molar-refractivity contribution in [3.05, 3.63) is 47.5 Å². The van der Waals surface area contributed by atoms with E-state index in [0.717, 1.165) is 59.7 Å². The molecular formula is C21H30N2O2. The standard InChI is InChI=1S/C21H30N2O2/c1-16-10-8-12-18(20(16)22)24-14-6-4-3-5-7-15-25-19-13-9-11-17(2)21(19)23/h8-13H,3-7,14-15,22-23H2,1-2H3. The first-order chi connectivity index (χ1) is 12.1. The van der Waals surface area contributed by atoms with Gasteiger partial charge in [0.1, 0.15) is 11.5 Å². The Kier molecular flexibility index (Phi) is 7.45. The van der Waals surface area contributed by atoms with Gasteiger partial charge in [-0.3, -0.25) is 0 Å². The number of benzene rings is 2. The molecule has 2 rings (SSSR count). The fraction of sp³-hybridized carbons (Fsp3) is 0.429. The van der Waals surface area contributed by atoms with Gasteiger partial charge in [0.05, 0.1) is 24.6 Å². The molecule has 0 aliphatic rings. The second-order valence-electron chi connectivity index (χ2n) is 6.44. The van der Waals surface area contributed by atoms with Gasteiger partial charge in [0, 0.05) is 0 Å². The number of nitrogen functional groups attached to an aromatic ring is 2. The first-order valence-electron chi connectivity index (χ1n) is 9.05. The Labute approximate surface area is 151 Å². The molecule has 0 amide bonds. The second-order valence-corrected chi connectivity index (χ2v) is 6.44. The number of nitrogens with two attached hydrogens (primary N) is 2. The number of ether oxygens (including phenoxy) is 2. The van der Waals surface area contributed by atoms with Crippen molar-refractivity contribution in [2.45, 2.75) is 46.0 Å². The summed E-state index contributed by atoms with van der Waals surface area (Å²) >= 11 is 0. The summed E-state index contributed by atoms with van der Waals surface area (Å²) in [5.74, 6) is 1.59. The molecule has 0 saturated carbocycles. The highest BCUT2D eigenvalue weighted by Crippen LogP contribution is 2.25. The Bertz CT molecular complexity index is 613. The first-order valence-corrected chi connectivity index (χ1v) is 9.05. The first kappa shape index (κ1) is 19.0. The maximum atomic E-state index is 6.00. The number of unbranched alkanes of at least 4 members (excludes halogenated alkanes) is 4. The molecule has 4 heteroatoms. The highest BCUT2D eigenvalue weighted by molar-refractivity contribution is 5.58. The Morgan fingerprint density at radius 1 is 0.640 bits per heavy atom. The van der Waals surface area contributed by atoms with E-state index in [1.165, 1.54) is 6.42 Å². The van der Waals surface area contributed by atoms with Crippen molar-refractivity contribution in [1.82, 2.24) is 0 Å². The quantitative estimate of drug-likeness (QED) is 0.477. The molecule has 0 heterocycles. The molecule has 25 heavy (non-hydrogen) atoms. The molecule has 0 bridgehead atoms. The number of aryl methyl sites for hydroxylation is 2. The van der Waals surface area contributed by atoms with E-state index in [9.17, 15) is 0 Å². The molecule has 0 aliphatic heterocycles. The van der Waals surface area contributed by atoms with Gasteiger partial charge in [-0.15, -0.1) is 0 Å². The minimum atomic E-state index is 0.712. The van der Waals surface area contributed by atoms with Gasteiger partial charge in [-0.1, -0.05) is 43.5 Å². The van der Waals surface area contributed by atoms with Crippen LogP contribution in [0.2, 0.25) is 0 Å². The number of hydrogen-bond donors (Lipinski definition) is 2. The average Bonchev–Trinajstić information content (AvgIpc) is 2.60. The zero-order chi connectivity index (χ0) is 18.1. The van der Waals surface area contributed by atoms with Crippen LogP contribution in [0.25, 0.3) is 0 Å². The molecule has 0 atom stereocenters. The van der Waals surface area contributed by atoms with E-state index in [0.29, 0.717) is 13.2 Å². The van der Waals surface area contributed by atoms with Gasteiger partial charge in [-0.25, -0.2) is 0 Å². The normalized spacial score (nSPS) is 10.6. The summed E-state index contributed by atoms with van der Waals surface area (Å²) < 4.78 is 11.5. The van der Waals surface area contributed by atoms with Crippen molar-refractivity contribution in [3.8, 4) is 11.5 Å². The third kappa shape index (κ3) is 5.89. The van der Waals surface area contributed by atoms with E-state index in [1.54, 1.807) is 0 Å². The van der Waals surface area contributed by atoms with Crippen LogP contribution in [0.15, 0.2) is 36.4 Å². The molecule has 0 spiro atoms. The highest BCUT2D eigenvalue weighted by Gasteiger charge is 2.03. The van der Waals surface area contributed by atoms with Gasteiger partial charge in [0.2, 0.25) is 0 Å². The molecule has 0 unspecified atom stereocenters. The van der Waals surface area contributed by atoms with E-state index >= 15 is 0 Å². The summed E-state index contributed by atoms with van der Waals surface area (Å²) in [6.07, 6.45) is 5.56. The molecular weight excluding hydrogens is 312 g/mol. The van der Waals surface area contributed by atoms with Crippen molar-refractivity contribution < 1.29 is 9.47 Å². The number of para-hydroxylation sites is 2. The van der Waals surface area contributed by atoms with E-state index in [1.807, 2.05) is 50.2 Å². The van der Waals surface area contributed by atoms with Crippen LogP contribution in [0, 0.1) is 13.8 Å². The number of anilines is 2. The molecule has 0 aromatic heterocycles. The third-order valence-electron chi connectivity index (χ3n) is 4.37. The van der Waals surface area contributed by atoms with Gasteiger partial charge in [-0.2, -0.15) is 0 Å². The molecule has 136 valence electrons. The van der Waals surface area contributed by atoms with Gasteiger partial charge in [0.15, 0.2) is 0 Å². The summed E-state index contributed by atoms with van der Waals surface area (Å²) in [6, 6.07) is 11.8. The van der Waals surface area contributed by atoms with Gasteiger partial charge in [-0.05, 0) is 49.9 Å². The van der Waals surface area contributed by atoms with Crippen LogP contribution in [-0.4, -0.2) is 13.2 Å². The number of hydrogen-bond acceptors (Lipinski definition) is 4. The predicted molar refractivity (Wildman–Crippen MR) is 105 cm³/mol. The smallest absolute Gasteiger partial charge is 0.142 e. The topological polar surface area (TPSA) is 70.5 Å². The summed E-state index contributed by atoms with van der Waals surface area (Å²) in [5, 5.41) is 0. The SMILES string of the molecule is Cc1cccc(OCCCCCCCOc2cccc(C)c2N)c1N. The lowest BCUT2D eigenvalue weighted by molar-refractivity contribution is 0.295. The molecule has 0 radical (unpaired) electrons. The summed E-state index contributed by atoms with van der Waals surface area (Å²) in [5.41, 5.74) is 15.6. The maximum absolute atomic E-state index is 6.00. The van der Waals surface area contributed by atoms with Crippen molar-refractivity contribution in [2.24, 2.45) is 0 Å². The van der Waals surface area contributed by atoms with E-state index in [-0.39, 0.29) is 0 Å². The molecule has 0 fully saturated rings. The Hall–Kier alpha value is -2.36. The minimum Gasteiger partial charge on any atom is -0.491 e. The van der Waals surface area contributed by atoms with Gasteiger partial charge in [0.25, 0.3) is 0 Å². The van der Waals surface area contributed by atoms with Crippen LogP contribution in [0.1, 0.15) is 43.2 Å². The van der Waals surface area contributed by atoms with Crippen molar-refractivity contribution in [3.63, 3.8) is 0 Å². The molecule has 4 nitrogen and oxygen atoms in total. The monoisotopic (exact) mass is 342 g/mol. The third-order valence-corrected chi connectivity index (χ3v) is 4.37. The lowest BCUT2D eigenvalue weighted by atomic mass is 10.1. The zero-order valence-corrected chi connectivity index (χ0v) is 15.4. The maximum Gasteiger partial charge on any atom is 0.142 e. The lowest BCUT2D eigenvalue weighted by Gasteiger charge is -2.11. The Morgan fingerprint density at radius 3 is 1.48 bits per heavy atom. The predicted octanol–water partition coefficient (Wildman–Crippen LogP) is 4.88. The number of rotatable bonds is 10. The molecule has 0 aliphatic carbocycles. The Balaban J connectivity index is 1.52. The summed E-state index contributed by atoms with van der Waals surface area (Å²) in [6.45, 7) is 5.41. The second kappa shape index (κ2) is 9.82. The zero-order valence-electron chi connectivity index (χ0n) is 15.4. The highest BCUT2D eigenvalue weighted by atomic mass is 16.5. The van der Waals surface area contributed by atoms with Crippen molar-refractivity contribution in [1.29, 1.82) is 0 Å². The van der Waals surface area contributed by atoms with Crippen molar-refractivity contribution in [2.75, 3.05) is 24.7 Å². The van der Waals surface area contributed by atoms with Crippen LogP contribution in [0.3, 0.4) is 0 Å². The van der Waals surface area contributed by atoms with Crippen LogP contribution >= 0.6 is 0 Å². The summed E-state index contributed by atoms with van der Waals surface area (Å²) in [4.78, 5) is 0.